The van der Waals surface area contributed by atoms with Gasteiger partial charge in [0.2, 0.25) is 0 Å². The molecule has 19 heavy (non-hydrogen) atoms. The van der Waals surface area contributed by atoms with E-state index in [1.807, 2.05) is 24.3 Å². The van der Waals surface area contributed by atoms with Crippen LogP contribution in [0.4, 0.5) is 0 Å². The number of hydrogen-bond acceptors (Lipinski definition) is 1. The summed E-state index contributed by atoms with van der Waals surface area (Å²) in [6.07, 6.45) is 3.36. The highest BCUT2D eigenvalue weighted by molar-refractivity contribution is 7.27. The molecule has 0 bridgehead atoms. The number of nitrogens with zero attached hydrogens (tertiary/aromatic N) is 1. The van der Waals surface area contributed by atoms with E-state index < -0.39 is 0 Å². The Bertz CT molecular complexity index is 447. The van der Waals surface area contributed by atoms with Crippen LogP contribution in [0.1, 0.15) is 50.4 Å². The summed E-state index contributed by atoms with van der Waals surface area (Å²) in [7, 11) is 2.65. The van der Waals surface area contributed by atoms with Crippen molar-refractivity contribution in [1.29, 1.82) is 0 Å². The summed E-state index contributed by atoms with van der Waals surface area (Å²) in [6.45, 7) is 7.65. The molecule has 1 aromatic rings. The van der Waals surface area contributed by atoms with Gasteiger partial charge in [0.05, 0.1) is 0 Å². The standard InChI is InChI=1S/C16H24NOP/c1-16(2,3)11-13-5-4-10-17(13)15(18)12-6-8-14(19)9-7-12/h6-9,13H,4-5,10-11,19H2,1-3H3. The zero-order valence-electron chi connectivity index (χ0n) is 12.1. The van der Waals surface area contributed by atoms with Crippen molar-refractivity contribution < 1.29 is 4.79 Å². The molecule has 0 spiro atoms. The summed E-state index contributed by atoms with van der Waals surface area (Å²) < 4.78 is 0. The molecule has 0 saturated carbocycles. The van der Waals surface area contributed by atoms with E-state index in [1.54, 1.807) is 0 Å². The average molecular weight is 277 g/mol. The van der Waals surface area contributed by atoms with E-state index in [1.165, 1.54) is 0 Å². The predicted octanol–water partition coefficient (Wildman–Crippen LogP) is 3.23. The molecular weight excluding hydrogens is 253 g/mol. The van der Waals surface area contributed by atoms with Crippen molar-refractivity contribution in [3.8, 4) is 0 Å². The van der Waals surface area contributed by atoms with Gasteiger partial charge in [-0.25, -0.2) is 0 Å². The molecule has 1 fully saturated rings. The van der Waals surface area contributed by atoms with Crippen LogP contribution in [0.25, 0.3) is 0 Å². The molecule has 1 aliphatic heterocycles. The first-order valence-corrected chi connectivity index (χ1v) is 7.61. The Morgan fingerprint density at radius 1 is 1.32 bits per heavy atom. The van der Waals surface area contributed by atoms with E-state index in [0.717, 1.165) is 36.7 Å². The molecule has 2 nitrogen and oxygen atoms in total. The lowest BCUT2D eigenvalue weighted by Crippen LogP contribution is -2.37. The third-order valence-electron chi connectivity index (χ3n) is 3.64. The first-order valence-electron chi connectivity index (χ1n) is 7.03. The molecule has 0 N–H and O–H groups in total. The summed E-state index contributed by atoms with van der Waals surface area (Å²) in [4.78, 5) is 14.6. The summed E-state index contributed by atoms with van der Waals surface area (Å²) in [5, 5.41) is 1.12. The third-order valence-corrected chi connectivity index (χ3v) is 4.03. The quantitative estimate of drug-likeness (QED) is 0.760. The molecule has 1 amide bonds. The number of carbonyl (C=O) groups is 1. The summed E-state index contributed by atoms with van der Waals surface area (Å²) in [5.41, 5.74) is 1.09. The Balaban J connectivity index is 2.11. The number of carbonyl (C=O) groups excluding carboxylic acids is 1. The topological polar surface area (TPSA) is 20.3 Å². The van der Waals surface area contributed by atoms with Gasteiger partial charge >= 0.3 is 0 Å². The Labute approximate surface area is 118 Å². The van der Waals surface area contributed by atoms with Crippen molar-refractivity contribution in [3.05, 3.63) is 29.8 Å². The molecule has 2 atom stereocenters. The summed E-state index contributed by atoms with van der Waals surface area (Å²) in [6, 6.07) is 8.22. The van der Waals surface area contributed by atoms with Gasteiger partial charge in [0.25, 0.3) is 5.91 Å². The lowest BCUT2D eigenvalue weighted by Gasteiger charge is -2.30. The summed E-state index contributed by atoms with van der Waals surface area (Å²) >= 11 is 0. The van der Waals surface area contributed by atoms with Crippen LogP contribution in [0.5, 0.6) is 0 Å². The van der Waals surface area contributed by atoms with Crippen LogP contribution in [-0.2, 0) is 0 Å². The molecule has 3 heteroatoms. The normalized spacial score (nSPS) is 19.8. The molecule has 2 unspecified atom stereocenters. The van der Waals surface area contributed by atoms with E-state index in [2.05, 4.69) is 34.9 Å². The van der Waals surface area contributed by atoms with Gasteiger partial charge < -0.3 is 4.90 Å². The molecule has 0 aliphatic carbocycles. The zero-order chi connectivity index (χ0) is 14.0. The molecular formula is C16H24NOP. The number of hydrogen-bond donors (Lipinski definition) is 0. The van der Waals surface area contributed by atoms with E-state index in [9.17, 15) is 4.79 Å². The molecule has 0 aromatic heterocycles. The molecule has 0 radical (unpaired) electrons. The van der Waals surface area contributed by atoms with Crippen molar-refractivity contribution in [1.82, 2.24) is 4.90 Å². The van der Waals surface area contributed by atoms with Gasteiger partial charge in [-0.15, -0.1) is 9.24 Å². The van der Waals surface area contributed by atoms with Gasteiger partial charge in [0.15, 0.2) is 0 Å². The lowest BCUT2D eigenvalue weighted by molar-refractivity contribution is 0.0704. The lowest BCUT2D eigenvalue weighted by atomic mass is 9.87. The fourth-order valence-corrected chi connectivity index (χ4v) is 3.01. The monoisotopic (exact) mass is 277 g/mol. The number of rotatable bonds is 2. The Hall–Kier alpha value is -0.880. The minimum Gasteiger partial charge on any atom is -0.336 e. The van der Waals surface area contributed by atoms with Crippen LogP contribution in [0.15, 0.2) is 24.3 Å². The fourth-order valence-electron chi connectivity index (χ4n) is 2.81. The number of amides is 1. The maximum Gasteiger partial charge on any atom is 0.254 e. The molecule has 2 rings (SSSR count). The Kier molecular flexibility index (Phi) is 4.30. The second kappa shape index (κ2) is 5.63. The molecule has 1 aromatic carbocycles. The van der Waals surface area contributed by atoms with Crippen LogP contribution < -0.4 is 5.30 Å². The minimum absolute atomic E-state index is 0.191. The van der Waals surface area contributed by atoms with Gasteiger partial charge in [-0.3, -0.25) is 4.79 Å². The SMILES string of the molecule is CC(C)(C)CC1CCCN1C(=O)c1ccc(P)cc1. The second-order valence-electron chi connectivity index (χ2n) is 6.68. The predicted molar refractivity (Wildman–Crippen MR) is 83.9 cm³/mol. The molecule has 104 valence electrons. The second-order valence-corrected chi connectivity index (χ2v) is 7.35. The fraction of sp³-hybridized carbons (Fsp3) is 0.562. The van der Waals surface area contributed by atoms with Gasteiger partial charge in [-0.2, -0.15) is 0 Å². The van der Waals surface area contributed by atoms with E-state index in [-0.39, 0.29) is 11.3 Å². The largest absolute Gasteiger partial charge is 0.336 e. The molecule has 1 saturated heterocycles. The smallest absolute Gasteiger partial charge is 0.254 e. The molecule has 1 aliphatic rings. The van der Waals surface area contributed by atoms with Crippen molar-refractivity contribution >= 4 is 20.5 Å². The van der Waals surface area contributed by atoms with Gasteiger partial charge in [0.1, 0.15) is 0 Å². The Morgan fingerprint density at radius 3 is 2.53 bits per heavy atom. The van der Waals surface area contributed by atoms with Crippen molar-refractivity contribution in [2.24, 2.45) is 5.41 Å². The van der Waals surface area contributed by atoms with Crippen molar-refractivity contribution in [3.63, 3.8) is 0 Å². The first-order chi connectivity index (χ1) is 8.87. The first kappa shape index (κ1) is 14.5. The van der Waals surface area contributed by atoms with Crippen molar-refractivity contribution in [2.45, 2.75) is 46.1 Å². The zero-order valence-corrected chi connectivity index (χ0v) is 13.3. The average Bonchev–Trinajstić information content (AvgIpc) is 2.75. The highest BCUT2D eigenvalue weighted by atomic mass is 31.0. The van der Waals surface area contributed by atoms with Crippen LogP contribution in [-0.4, -0.2) is 23.4 Å². The van der Waals surface area contributed by atoms with Gasteiger partial charge in [0, 0.05) is 18.2 Å². The maximum atomic E-state index is 12.6. The minimum atomic E-state index is 0.191. The number of likely N-dealkylation sites (tertiary alicyclic amines) is 1. The van der Waals surface area contributed by atoms with E-state index >= 15 is 0 Å². The molecule has 1 heterocycles. The maximum absolute atomic E-state index is 12.6. The van der Waals surface area contributed by atoms with E-state index in [0.29, 0.717) is 6.04 Å². The highest BCUT2D eigenvalue weighted by Crippen LogP contribution is 2.30. The van der Waals surface area contributed by atoms with Crippen LogP contribution in [0.2, 0.25) is 0 Å². The van der Waals surface area contributed by atoms with E-state index in [4.69, 9.17) is 0 Å². The Morgan fingerprint density at radius 2 is 1.95 bits per heavy atom. The highest BCUT2D eigenvalue weighted by Gasteiger charge is 2.32. The van der Waals surface area contributed by atoms with Crippen molar-refractivity contribution in [2.75, 3.05) is 6.54 Å². The van der Waals surface area contributed by atoms with Crippen LogP contribution >= 0.6 is 9.24 Å². The summed E-state index contributed by atoms with van der Waals surface area (Å²) in [5.74, 6) is 0.191. The van der Waals surface area contributed by atoms with Crippen LogP contribution in [0, 0.1) is 5.41 Å². The van der Waals surface area contributed by atoms with Gasteiger partial charge in [-0.1, -0.05) is 32.9 Å². The number of benzene rings is 1. The van der Waals surface area contributed by atoms with Crippen LogP contribution in [0.3, 0.4) is 0 Å². The third kappa shape index (κ3) is 3.79. The van der Waals surface area contributed by atoms with Gasteiger partial charge in [-0.05, 0) is 42.1 Å².